The van der Waals surface area contributed by atoms with Crippen LogP contribution < -0.4 is 14.8 Å². The van der Waals surface area contributed by atoms with Crippen molar-refractivity contribution in [2.75, 3.05) is 20.3 Å². The van der Waals surface area contributed by atoms with Gasteiger partial charge in [0.15, 0.2) is 0 Å². The molecule has 102 valence electrons. The lowest BCUT2D eigenvalue weighted by Gasteiger charge is -2.13. The summed E-state index contributed by atoms with van der Waals surface area (Å²) >= 11 is 0. The first-order valence-corrected chi connectivity index (χ1v) is 6.84. The largest absolute Gasteiger partial charge is 0.493 e. The monoisotopic (exact) mass is 251 g/mol. The molecule has 0 aliphatic carbocycles. The van der Waals surface area contributed by atoms with Crippen molar-refractivity contribution in [2.45, 2.75) is 39.7 Å². The van der Waals surface area contributed by atoms with Gasteiger partial charge in [0.2, 0.25) is 0 Å². The van der Waals surface area contributed by atoms with Crippen LogP contribution in [0.5, 0.6) is 11.5 Å². The molecular formula is C15H25NO2. The molecule has 0 atom stereocenters. The van der Waals surface area contributed by atoms with E-state index in [0.717, 1.165) is 50.5 Å². The summed E-state index contributed by atoms with van der Waals surface area (Å²) in [7, 11) is 1.94. The maximum absolute atomic E-state index is 5.83. The molecular weight excluding hydrogens is 226 g/mol. The molecule has 3 heteroatoms. The van der Waals surface area contributed by atoms with Gasteiger partial charge in [0, 0.05) is 18.2 Å². The molecule has 0 aliphatic heterocycles. The van der Waals surface area contributed by atoms with Crippen molar-refractivity contribution in [3.8, 4) is 11.5 Å². The zero-order valence-electron chi connectivity index (χ0n) is 11.8. The fourth-order valence-electron chi connectivity index (χ4n) is 1.64. The first kappa shape index (κ1) is 14.8. The molecule has 0 radical (unpaired) electrons. The summed E-state index contributed by atoms with van der Waals surface area (Å²) in [5.74, 6) is 1.83. The van der Waals surface area contributed by atoms with Crippen LogP contribution in [0.2, 0.25) is 0 Å². The SMILES string of the molecule is CCCCOc1cc(OCCC)ccc1CNC. The van der Waals surface area contributed by atoms with Crippen molar-refractivity contribution in [2.24, 2.45) is 0 Å². The third-order valence-corrected chi connectivity index (χ3v) is 2.63. The van der Waals surface area contributed by atoms with Gasteiger partial charge in [0.1, 0.15) is 11.5 Å². The van der Waals surface area contributed by atoms with Gasteiger partial charge in [0.25, 0.3) is 0 Å². The predicted molar refractivity (Wildman–Crippen MR) is 75.4 cm³/mol. The molecule has 0 amide bonds. The smallest absolute Gasteiger partial charge is 0.127 e. The van der Waals surface area contributed by atoms with Crippen LogP contribution in [0.3, 0.4) is 0 Å². The fraction of sp³-hybridized carbons (Fsp3) is 0.600. The van der Waals surface area contributed by atoms with Crippen molar-refractivity contribution >= 4 is 0 Å². The second kappa shape index (κ2) is 8.81. The molecule has 0 aromatic heterocycles. The van der Waals surface area contributed by atoms with E-state index in [1.165, 1.54) is 5.56 Å². The van der Waals surface area contributed by atoms with E-state index in [1.807, 2.05) is 19.2 Å². The number of hydrogen-bond acceptors (Lipinski definition) is 3. The Hall–Kier alpha value is -1.22. The summed E-state index contributed by atoms with van der Waals surface area (Å²) in [4.78, 5) is 0. The molecule has 0 spiro atoms. The minimum absolute atomic E-state index is 0.750. The Morgan fingerprint density at radius 2 is 1.89 bits per heavy atom. The Labute approximate surface area is 110 Å². The van der Waals surface area contributed by atoms with Gasteiger partial charge >= 0.3 is 0 Å². The topological polar surface area (TPSA) is 30.5 Å². The van der Waals surface area contributed by atoms with E-state index >= 15 is 0 Å². The third kappa shape index (κ3) is 4.96. The Bertz CT molecular complexity index is 339. The Morgan fingerprint density at radius 1 is 1.06 bits per heavy atom. The average Bonchev–Trinajstić information content (AvgIpc) is 2.39. The van der Waals surface area contributed by atoms with Crippen molar-refractivity contribution in [3.05, 3.63) is 23.8 Å². The molecule has 0 aliphatic rings. The zero-order chi connectivity index (χ0) is 13.2. The van der Waals surface area contributed by atoms with Gasteiger partial charge in [-0.1, -0.05) is 26.3 Å². The van der Waals surface area contributed by atoms with Gasteiger partial charge in [-0.2, -0.15) is 0 Å². The first-order valence-electron chi connectivity index (χ1n) is 6.84. The molecule has 3 nitrogen and oxygen atoms in total. The van der Waals surface area contributed by atoms with Gasteiger partial charge < -0.3 is 14.8 Å². The summed E-state index contributed by atoms with van der Waals surface area (Å²) in [6, 6.07) is 6.08. The maximum Gasteiger partial charge on any atom is 0.127 e. The van der Waals surface area contributed by atoms with Crippen molar-refractivity contribution < 1.29 is 9.47 Å². The second-order valence-corrected chi connectivity index (χ2v) is 4.35. The summed E-state index contributed by atoms with van der Waals surface area (Å²) in [5.41, 5.74) is 1.18. The van der Waals surface area contributed by atoms with E-state index in [2.05, 4.69) is 25.2 Å². The minimum Gasteiger partial charge on any atom is -0.493 e. The number of hydrogen-bond donors (Lipinski definition) is 1. The van der Waals surface area contributed by atoms with Crippen molar-refractivity contribution in [3.63, 3.8) is 0 Å². The number of ether oxygens (including phenoxy) is 2. The summed E-state index contributed by atoms with van der Waals surface area (Å²) in [6.45, 7) is 6.60. The number of benzene rings is 1. The van der Waals surface area contributed by atoms with E-state index < -0.39 is 0 Å². The summed E-state index contributed by atoms with van der Waals surface area (Å²) in [6.07, 6.45) is 3.25. The Kier molecular flexibility index (Phi) is 7.26. The van der Waals surface area contributed by atoms with Crippen LogP contribution in [0.25, 0.3) is 0 Å². The van der Waals surface area contributed by atoms with Crippen molar-refractivity contribution in [1.82, 2.24) is 5.32 Å². The van der Waals surface area contributed by atoms with Crippen LogP contribution in [-0.4, -0.2) is 20.3 Å². The lowest BCUT2D eigenvalue weighted by molar-refractivity contribution is 0.294. The standard InChI is InChI=1S/C15H25NO2/c1-4-6-10-18-15-11-14(17-9-5-2)8-7-13(15)12-16-3/h7-8,11,16H,4-6,9-10,12H2,1-3H3. The van der Waals surface area contributed by atoms with E-state index in [0.29, 0.717) is 0 Å². The van der Waals surface area contributed by atoms with Crippen LogP contribution in [0, 0.1) is 0 Å². The van der Waals surface area contributed by atoms with Crippen LogP contribution in [0.15, 0.2) is 18.2 Å². The van der Waals surface area contributed by atoms with Crippen LogP contribution in [0.4, 0.5) is 0 Å². The summed E-state index contributed by atoms with van der Waals surface area (Å²) in [5, 5.41) is 3.16. The molecule has 0 bridgehead atoms. The molecule has 0 fully saturated rings. The molecule has 18 heavy (non-hydrogen) atoms. The number of unbranched alkanes of at least 4 members (excludes halogenated alkanes) is 1. The molecule has 0 saturated heterocycles. The normalized spacial score (nSPS) is 10.4. The molecule has 1 aromatic rings. The van der Waals surface area contributed by atoms with Crippen LogP contribution in [-0.2, 0) is 6.54 Å². The van der Waals surface area contributed by atoms with E-state index in [1.54, 1.807) is 0 Å². The highest BCUT2D eigenvalue weighted by molar-refractivity contribution is 5.40. The van der Waals surface area contributed by atoms with Gasteiger partial charge in [-0.25, -0.2) is 0 Å². The van der Waals surface area contributed by atoms with Crippen LogP contribution >= 0.6 is 0 Å². The molecule has 0 saturated carbocycles. The molecule has 1 aromatic carbocycles. The second-order valence-electron chi connectivity index (χ2n) is 4.35. The molecule has 0 unspecified atom stereocenters. The van der Waals surface area contributed by atoms with E-state index in [-0.39, 0.29) is 0 Å². The predicted octanol–water partition coefficient (Wildman–Crippen LogP) is 3.37. The lowest BCUT2D eigenvalue weighted by Crippen LogP contribution is -2.08. The molecule has 0 heterocycles. The van der Waals surface area contributed by atoms with Gasteiger partial charge in [0.05, 0.1) is 13.2 Å². The van der Waals surface area contributed by atoms with Gasteiger partial charge in [-0.15, -0.1) is 0 Å². The quantitative estimate of drug-likeness (QED) is 0.683. The molecule has 1 N–H and O–H groups in total. The highest BCUT2D eigenvalue weighted by Gasteiger charge is 2.05. The third-order valence-electron chi connectivity index (χ3n) is 2.63. The first-order chi connectivity index (χ1) is 8.81. The Morgan fingerprint density at radius 3 is 2.56 bits per heavy atom. The maximum atomic E-state index is 5.83. The number of rotatable bonds is 9. The fourth-order valence-corrected chi connectivity index (χ4v) is 1.64. The lowest BCUT2D eigenvalue weighted by atomic mass is 10.2. The van der Waals surface area contributed by atoms with Crippen molar-refractivity contribution in [1.29, 1.82) is 0 Å². The van der Waals surface area contributed by atoms with E-state index in [9.17, 15) is 0 Å². The molecule has 1 rings (SSSR count). The Balaban J connectivity index is 2.71. The highest BCUT2D eigenvalue weighted by atomic mass is 16.5. The number of nitrogens with one attached hydrogen (secondary N) is 1. The summed E-state index contributed by atoms with van der Waals surface area (Å²) < 4.78 is 11.5. The minimum atomic E-state index is 0.750. The zero-order valence-corrected chi connectivity index (χ0v) is 11.8. The van der Waals surface area contributed by atoms with Gasteiger partial charge in [-0.05, 0) is 26.0 Å². The van der Waals surface area contributed by atoms with Crippen LogP contribution in [0.1, 0.15) is 38.7 Å². The average molecular weight is 251 g/mol. The van der Waals surface area contributed by atoms with E-state index in [4.69, 9.17) is 9.47 Å². The van der Waals surface area contributed by atoms with Gasteiger partial charge in [-0.3, -0.25) is 0 Å². The highest BCUT2D eigenvalue weighted by Crippen LogP contribution is 2.25.